The van der Waals surface area contributed by atoms with E-state index >= 15 is 0 Å². The van der Waals surface area contributed by atoms with E-state index in [1.807, 2.05) is 50.2 Å². The van der Waals surface area contributed by atoms with E-state index in [4.69, 9.17) is 0 Å². The molecule has 0 spiro atoms. The first-order valence-electron chi connectivity index (χ1n) is 8.53. The summed E-state index contributed by atoms with van der Waals surface area (Å²) in [4.78, 5) is 24.6. The molecule has 130 valence electrons. The third-order valence-corrected chi connectivity index (χ3v) is 4.57. The zero-order valence-electron chi connectivity index (χ0n) is 14.8. The van der Waals surface area contributed by atoms with Crippen LogP contribution in [0.2, 0.25) is 0 Å². The van der Waals surface area contributed by atoms with Crippen LogP contribution < -0.4 is 16.0 Å². The molecule has 0 aromatic heterocycles. The molecule has 1 aliphatic heterocycles. The first kappa shape index (κ1) is 17.0. The molecule has 2 amide bonds. The number of aryl methyl sites for hydroxylation is 3. The van der Waals surface area contributed by atoms with E-state index in [0.29, 0.717) is 0 Å². The highest BCUT2D eigenvalue weighted by molar-refractivity contribution is 6.06. The normalized spacial score (nSPS) is 15.8. The third kappa shape index (κ3) is 3.82. The number of carbonyl (C=O) groups is 2. The molecule has 0 radical (unpaired) electrons. The minimum Gasteiger partial charge on any atom is -0.372 e. The van der Waals surface area contributed by atoms with Crippen molar-refractivity contribution in [2.45, 2.75) is 39.7 Å². The predicted octanol–water partition coefficient (Wildman–Crippen LogP) is 3.63. The van der Waals surface area contributed by atoms with Crippen LogP contribution in [0.15, 0.2) is 36.4 Å². The molecule has 2 aromatic rings. The van der Waals surface area contributed by atoms with Gasteiger partial charge in [0.1, 0.15) is 6.04 Å². The Morgan fingerprint density at radius 3 is 2.36 bits per heavy atom. The number of benzene rings is 2. The van der Waals surface area contributed by atoms with Gasteiger partial charge in [0.15, 0.2) is 0 Å². The molecule has 1 unspecified atom stereocenters. The molecule has 1 heterocycles. The summed E-state index contributed by atoms with van der Waals surface area (Å²) in [5.74, 6) is -0.378. The first-order chi connectivity index (χ1) is 12.0. The number of hydrogen-bond acceptors (Lipinski definition) is 3. The lowest BCUT2D eigenvalue weighted by Crippen LogP contribution is -2.41. The van der Waals surface area contributed by atoms with Crippen molar-refractivity contribution >= 4 is 28.9 Å². The summed E-state index contributed by atoms with van der Waals surface area (Å²) in [6.07, 6.45) is 1.03. The third-order valence-electron chi connectivity index (χ3n) is 4.57. The number of nitrogens with one attached hydrogen (secondary N) is 3. The number of carbonyl (C=O) groups excluding carboxylic acids is 2. The van der Waals surface area contributed by atoms with Crippen LogP contribution in [0.3, 0.4) is 0 Å². The van der Waals surface area contributed by atoms with Gasteiger partial charge in [-0.25, -0.2) is 0 Å². The van der Waals surface area contributed by atoms with Crippen LogP contribution in [0, 0.1) is 13.8 Å². The van der Waals surface area contributed by atoms with Crippen molar-refractivity contribution in [3.63, 3.8) is 0 Å². The molecule has 0 saturated carbocycles. The zero-order chi connectivity index (χ0) is 18.0. The van der Waals surface area contributed by atoms with Crippen molar-refractivity contribution in [2.75, 3.05) is 16.0 Å². The smallest absolute Gasteiger partial charge is 0.247 e. The Balaban J connectivity index is 1.66. The van der Waals surface area contributed by atoms with Crippen LogP contribution >= 0.6 is 0 Å². The standard InChI is InChI=1S/C20H23N3O2/c1-4-14-5-7-15(8-6-14)21-19(24)11-18-20(25)23-17-10-13(3)12(2)9-16(17)22-18/h5-10,18,22H,4,11H2,1-3H3,(H,21,24)(H,23,25). The summed E-state index contributed by atoms with van der Waals surface area (Å²) >= 11 is 0. The van der Waals surface area contributed by atoms with Crippen LogP contribution in [0.1, 0.15) is 30.0 Å². The Kier molecular flexibility index (Phi) is 4.74. The number of fused-ring (bicyclic) bond motifs is 1. The quantitative estimate of drug-likeness (QED) is 0.798. The second-order valence-electron chi connectivity index (χ2n) is 6.47. The van der Waals surface area contributed by atoms with Gasteiger partial charge in [0.05, 0.1) is 17.8 Å². The van der Waals surface area contributed by atoms with Crippen LogP contribution in [0.5, 0.6) is 0 Å². The highest BCUT2D eigenvalue weighted by Crippen LogP contribution is 2.30. The molecule has 1 aliphatic rings. The summed E-state index contributed by atoms with van der Waals surface area (Å²) in [5.41, 5.74) is 5.83. The van der Waals surface area contributed by atoms with Gasteiger partial charge in [0.2, 0.25) is 11.8 Å². The van der Waals surface area contributed by atoms with Gasteiger partial charge in [-0.1, -0.05) is 19.1 Å². The predicted molar refractivity (Wildman–Crippen MR) is 101 cm³/mol. The summed E-state index contributed by atoms with van der Waals surface area (Å²) in [5, 5.41) is 8.90. The molecule has 2 aromatic carbocycles. The zero-order valence-corrected chi connectivity index (χ0v) is 14.8. The van der Waals surface area contributed by atoms with Crippen molar-refractivity contribution in [1.29, 1.82) is 0 Å². The number of anilines is 3. The average molecular weight is 337 g/mol. The van der Waals surface area contributed by atoms with Crippen molar-refractivity contribution in [1.82, 2.24) is 0 Å². The van der Waals surface area contributed by atoms with E-state index in [1.165, 1.54) is 5.56 Å². The van der Waals surface area contributed by atoms with Crippen LogP contribution in [0.25, 0.3) is 0 Å². The molecule has 25 heavy (non-hydrogen) atoms. The topological polar surface area (TPSA) is 70.2 Å². The molecular weight excluding hydrogens is 314 g/mol. The summed E-state index contributed by atoms with van der Waals surface area (Å²) in [7, 11) is 0. The second-order valence-corrected chi connectivity index (χ2v) is 6.47. The van der Waals surface area contributed by atoms with Gasteiger partial charge < -0.3 is 16.0 Å². The van der Waals surface area contributed by atoms with E-state index in [9.17, 15) is 9.59 Å². The highest BCUT2D eigenvalue weighted by atomic mass is 16.2. The maximum absolute atomic E-state index is 12.3. The van der Waals surface area contributed by atoms with Gasteiger partial charge in [-0.15, -0.1) is 0 Å². The fourth-order valence-corrected chi connectivity index (χ4v) is 2.88. The Morgan fingerprint density at radius 1 is 1.08 bits per heavy atom. The average Bonchev–Trinajstić information content (AvgIpc) is 2.58. The largest absolute Gasteiger partial charge is 0.372 e. The van der Waals surface area contributed by atoms with E-state index < -0.39 is 6.04 Å². The maximum atomic E-state index is 12.3. The minimum absolute atomic E-state index is 0.0771. The number of amides is 2. The number of rotatable bonds is 4. The maximum Gasteiger partial charge on any atom is 0.247 e. The Hall–Kier alpha value is -2.82. The van der Waals surface area contributed by atoms with Gasteiger partial charge in [-0.2, -0.15) is 0 Å². The monoisotopic (exact) mass is 337 g/mol. The Labute approximate surface area is 147 Å². The van der Waals surface area contributed by atoms with Crippen LogP contribution in [-0.2, 0) is 16.0 Å². The van der Waals surface area contributed by atoms with Crippen LogP contribution in [-0.4, -0.2) is 17.9 Å². The van der Waals surface area contributed by atoms with E-state index in [1.54, 1.807) is 0 Å². The molecule has 0 aliphatic carbocycles. The lowest BCUT2D eigenvalue weighted by atomic mass is 10.0. The highest BCUT2D eigenvalue weighted by Gasteiger charge is 2.27. The van der Waals surface area contributed by atoms with Crippen molar-refractivity contribution in [3.05, 3.63) is 53.1 Å². The number of hydrogen-bond donors (Lipinski definition) is 3. The second kappa shape index (κ2) is 6.97. The van der Waals surface area contributed by atoms with E-state index in [0.717, 1.165) is 34.6 Å². The first-order valence-corrected chi connectivity index (χ1v) is 8.53. The molecular formula is C20H23N3O2. The van der Waals surface area contributed by atoms with E-state index in [-0.39, 0.29) is 18.2 Å². The fourth-order valence-electron chi connectivity index (χ4n) is 2.88. The van der Waals surface area contributed by atoms with Crippen molar-refractivity contribution in [3.8, 4) is 0 Å². The van der Waals surface area contributed by atoms with Crippen LogP contribution in [0.4, 0.5) is 17.1 Å². The molecule has 5 heteroatoms. The molecule has 3 rings (SSSR count). The van der Waals surface area contributed by atoms with E-state index in [2.05, 4.69) is 22.9 Å². The lowest BCUT2D eigenvalue weighted by Gasteiger charge is -2.27. The fraction of sp³-hybridized carbons (Fsp3) is 0.300. The van der Waals surface area contributed by atoms with Gasteiger partial charge in [0.25, 0.3) is 0 Å². The Morgan fingerprint density at radius 2 is 1.72 bits per heavy atom. The molecule has 0 saturated heterocycles. The lowest BCUT2D eigenvalue weighted by molar-refractivity contribution is -0.122. The van der Waals surface area contributed by atoms with Crippen molar-refractivity contribution < 1.29 is 9.59 Å². The molecule has 0 bridgehead atoms. The molecule has 5 nitrogen and oxygen atoms in total. The molecule has 0 fully saturated rings. The van der Waals surface area contributed by atoms with Crippen molar-refractivity contribution in [2.24, 2.45) is 0 Å². The summed E-state index contributed by atoms with van der Waals surface area (Å²) in [6, 6.07) is 11.1. The Bertz CT molecular complexity index is 812. The SMILES string of the molecule is CCc1ccc(NC(=O)CC2Nc3cc(C)c(C)cc3NC2=O)cc1. The molecule has 3 N–H and O–H groups in total. The van der Waals surface area contributed by atoms with Gasteiger partial charge >= 0.3 is 0 Å². The van der Waals surface area contributed by atoms with Gasteiger partial charge in [0, 0.05) is 5.69 Å². The van der Waals surface area contributed by atoms with Gasteiger partial charge in [-0.3, -0.25) is 9.59 Å². The molecule has 1 atom stereocenters. The minimum atomic E-state index is -0.579. The summed E-state index contributed by atoms with van der Waals surface area (Å²) < 4.78 is 0. The summed E-state index contributed by atoms with van der Waals surface area (Å²) in [6.45, 7) is 6.11. The van der Waals surface area contributed by atoms with Gasteiger partial charge in [-0.05, 0) is 61.2 Å².